The molecule has 2 rings (SSSR count). The molecule has 1 amide bonds. The smallest absolute Gasteiger partial charge is 0.330 e. The number of likely N-dealkylation sites (tertiary alicyclic amines) is 1. The van der Waals surface area contributed by atoms with Crippen LogP contribution in [0.3, 0.4) is 0 Å². The molecular weight excluding hydrogens is 316 g/mol. The fraction of sp³-hybridized carbons (Fsp3) is 0.562. The second-order valence-corrected chi connectivity index (χ2v) is 6.36. The summed E-state index contributed by atoms with van der Waals surface area (Å²) < 4.78 is 5.03. The summed E-state index contributed by atoms with van der Waals surface area (Å²) in [5.41, 5.74) is 0.671. The molecule has 1 atom stereocenters. The molecule has 1 N–H and O–H groups in total. The van der Waals surface area contributed by atoms with E-state index in [4.69, 9.17) is 4.74 Å². The summed E-state index contributed by atoms with van der Waals surface area (Å²) in [5, 5.41) is 11.9. The maximum atomic E-state index is 11.8. The third kappa shape index (κ3) is 5.14. The number of nitrogens with zero attached hydrogens (tertiary/aromatic N) is 2. The minimum Gasteiger partial charge on any atom is -0.463 e. The third-order valence-corrected chi connectivity index (χ3v) is 4.52. The molecule has 0 unspecified atom stereocenters. The van der Waals surface area contributed by atoms with Gasteiger partial charge in [-0.25, -0.2) is 9.78 Å². The van der Waals surface area contributed by atoms with Crippen LogP contribution in [0.25, 0.3) is 6.08 Å². The van der Waals surface area contributed by atoms with E-state index in [1.807, 2.05) is 12.3 Å². The number of hydrogen-bond donors (Lipinski definition) is 1. The monoisotopic (exact) mass is 338 g/mol. The van der Waals surface area contributed by atoms with Crippen LogP contribution in [0.5, 0.6) is 0 Å². The van der Waals surface area contributed by atoms with E-state index in [0.29, 0.717) is 31.7 Å². The first-order valence-corrected chi connectivity index (χ1v) is 8.71. The van der Waals surface area contributed by atoms with Gasteiger partial charge >= 0.3 is 5.97 Å². The van der Waals surface area contributed by atoms with Gasteiger partial charge in [0.1, 0.15) is 5.01 Å². The normalized spacial score (nSPS) is 18.1. The Morgan fingerprint density at radius 3 is 3.17 bits per heavy atom. The summed E-state index contributed by atoms with van der Waals surface area (Å²) >= 11 is 1.43. The molecule has 1 aromatic rings. The third-order valence-electron chi connectivity index (χ3n) is 3.67. The van der Waals surface area contributed by atoms with Gasteiger partial charge in [-0.15, -0.1) is 11.3 Å². The van der Waals surface area contributed by atoms with Crippen LogP contribution < -0.4 is 0 Å². The molecule has 0 spiro atoms. The first kappa shape index (κ1) is 17.6. The summed E-state index contributed by atoms with van der Waals surface area (Å²) in [7, 11) is 0. The molecule has 0 bridgehead atoms. The number of esters is 1. The zero-order chi connectivity index (χ0) is 16.7. The minimum absolute atomic E-state index is 0.0204. The van der Waals surface area contributed by atoms with Crippen molar-refractivity contribution < 1.29 is 19.4 Å². The summed E-state index contributed by atoms with van der Waals surface area (Å²) in [6.45, 7) is 2.85. The van der Waals surface area contributed by atoms with Crippen molar-refractivity contribution in [3.63, 3.8) is 0 Å². The van der Waals surface area contributed by atoms with Gasteiger partial charge in [-0.2, -0.15) is 0 Å². The maximum absolute atomic E-state index is 11.8. The number of amides is 1. The Hall–Kier alpha value is -1.73. The lowest BCUT2D eigenvalue weighted by Gasteiger charge is -2.21. The highest BCUT2D eigenvalue weighted by atomic mass is 32.1. The average molecular weight is 338 g/mol. The number of aromatic nitrogens is 1. The van der Waals surface area contributed by atoms with Gasteiger partial charge < -0.3 is 14.7 Å². The Morgan fingerprint density at radius 1 is 1.61 bits per heavy atom. The van der Waals surface area contributed by atoms with E-state index in [1.165, 1.54) is 17.4 Å². The van der Waals surface area contributed by atoms with E-state index >= 15 is 0 Å². The van der Waals surface area contributed by atoms with Crippen molar-refractivity contribution in [1.82, 2.24) is 9.88 Å². The van der Waals surface area contributed by atoms with Crippen LogP contribution >= 0.6 is 11.3 Å². The SMILES string of the molecule is CCCCOC(=O)/C=C/c1csc(CN2C(=O)CC[C@@H]2CO)n1. The highest BCUT2D eigenvalue weighted by Gasteiger charge is 2.30. The fourth-order valence-corrected chi connectivity index (χ4v) is 3.10. The van der Waals surface area contributed by atoms with Gasteiger partial charge in [0.2, 0.25) is 5.91 Å². The standard InChI is InChI=1S/C16H22N2O4S/c1-2-3-8-22-16(21)7-4-12-11-23-14(17-12)9-18-13(10-19)5-6-15(18)20/h4,7,11,13,19H,2-3,5-6,8-10H2,1H3/b7-4+/t13-/m1/s1. The topological polar surface area (TPSA) is 79.7 Å². The predicted molar refractivity (Wildman–Crippen MR) is 87.7 cm³/mol. The van der Waals surface area contributed by atoms with Gasteiger partial charge in [-0.05, 0) is 18.9 Å². The van der Waals surface area contributed by atoms with Crippen LogP contribution in [0.15, 0.2) is 11.5 Å². The summed E-state index contributed by atoms with van der Waals surface area (Å²) in [6.07, 6.45) is 5.99. The van der Waals surface area contributed by atoms with Gasteiger partial charge in [0, 0.05) is 17.9 Å². The molecule has 0 saturated carbocycles. The Balaban J connectivity index is 1.88. The Morgan fingerprint density at radius 2 is 2.43 bits per heavy atom. The molecule has 126 valence electrons. The van der Waals surface area contributed by atoms with Crippen LogP contribution in [0.4, 0.5) is 0 Å². The highest BCUT2D eigenvalue weighted by Crippen LogP contribution is 2.22. The zero-order valence-corrected chi connectivity index (χ0v) is 14.1. The molecule has 2 heterocycles. The van der Waals surface area contributed by atoms with Crippen LogP contribution in [0.2, 0.25) is 0 Å². The average Bonchev–Trinajstić information content (AvgIpc) is 3.13. The first-order valence-electron chi connectivity index (χ1n) is 7.83. The van der Waals surface area contributed by atoms with Crippen molar-refractivity contribution >= 4 is 29.3 Å². The lowest BCUT2D eigenvalue weighted by Crippen LogP contribution is -2.34. The number of thiazole rings is 1. The number of hydrogen-bond acceptors (Lipinski definition) is 6. The summed E-state index contributed by atoms with van der Waals surface area (Å²) in [4.78, 5) is 29.4. The van der Waals surface area contributed by atoms with E-state index in [-0.39, 0.29) is 24.5 Å². The number of carbonyl (C=O) groups excluding carboxylic acids is 2. The van der Waals surface area contributed by atoms with Crippen molar-refractivity contribution in [3.8, 4) is 0 Å². The molecule has 1 aromatic heterocycles. The van der Waals surface area contributed by atoms with Crippen molar-refractivity contribution in [1.29, 1.82) is 0 Å². The lowest BCUT2D eigenvalue weighted by atomic mass is 10.2. The van der Waals surface area contributed by atoms with Gasteiger partial charge in [-0.1, -0.05) is 13.3 Å². The van der Waals surface area contributed by atoms with Gasteiger partial charge in [-0.3, -0.25) is 4.79 Å². The van der Waals surface area contributed by atoms with Gasteiger partial charge in [0.05, 0.1) is 31.5 Å². The van der Waals surface area contributed by atoms with Gasteiger partial charge in [0.15, 0.2) is 0 Å². The van der Waals surface area contributed by atoms with Gasteiger partial charge in [0.25, 0.3) is 0 Å². The Bertz CT molecular complexity index is 570. The summed E-state index contributed by atoms with van der Waals surface area (Å²) in [6, 6.07) is -0.112. The van der Waals surface area contributed by atoms with Crippen LogP contribution in [-0.2, 0) is 20.9 Å². The first-order chi connectivity index (χ1) is 11.1. The van der Waals surface area contributed by atoms with E-state index in [0.717, 1.165) is 17.8 Å². The molecule has 0 aliphatic carbocycles. The Labute approximate surface area is 139 Å². The number of aliphatic hydroxyl groups excluding tert-OH is 1. The molecule has 0 aromatic carbocycles. The van der Waals surface area contributed by atoms with E-state index in [1.54, 1.807) is 11.0 Å². The zero-order valence-electron chi connectivity index (χ0n) is 13.2. The molecular formula is C16H22N2O4S. The largest absolute Gasteiger partial charge is 0.463 e. The number of aliphatic hydroxyl groups is 1. The van der Waals surface area contributed by atoms with Crippen LogP contribution in [0.1, 0.15) is 43.3 Å². The number of unbranched alkanes of at least 4 members (excludes halogenated alkanes) is 1. The molecule has 6 nitrogen and oxygen atoms in total. The summed E-state index contributed by atoms with van der Waals surface area (Å²) in [5.74, 6) is -0.320. The van der Waals surface area contributed by atoms with Crippen molar-refractivity contribution in [2.75, 3.05) is 13.2 Å². The quantitative estimate of drug-likeness (QED) is 0.445. The Kier molecular flexibility index (Phi) is 6.73. The second-order valence-electron chi connectivity index (χ2n) is 5.42. The van der Waals surface area contributed by atoms with Crippen LogP contribution in [0, 0.1) is 0 Å². The molecule has 23 heavy (non-hydrogen) atoms. The highest BCUT2D eigenvalue weighted by molar-refractivity contribution is 7.09. The minimum atomic E-state index is -0.372. The number of rotatable bonds is 8. The fourth-order valence-electron chi connectivity index (χ4n) is 2.34. The van der Waals surface area contributed by atoms with E-state index < -0.39 is 0 Å². The molecule has 7 heteroatoms. The van der Waals surface area contributed by atoms with E-state index in [9.17, 15) is 14.7 Å². The number of ether oxygens (including phenoxy) is 1. The van der Waals surface area contributed by atoms with Crippen molar-refractivity contribution in [2.45, 2.75) is 45.2 Å². The molecule has 1 saturated heterocycles. The molecule has 1 fully saturated rings. The van der Waals surface area contributed by atoms with Crippen molar-refractivity contribution in [3.05, 3.63) is 22.2 Å². The van der Waals surface area contributed by atoms with Crippen molar-refractivity contribution in [2.24, 2.45) is 0 Å². The predicted octanol–water partition coefficient (Wildman–Crippen LogP) is 1.98. The van der Waals surface area contributed by atoms with Crippen LogP contribution in [-0.4, -0.2) is 46.1 Å². The van der Waals surface area contributed by atoms with E-state index in [2.05, 4.69) is 4.98 Å². The molecule has 0 radical (unpaired) electrons. The second kappa shape index (κ2) is 8.79. The molecule has 1 aliphatic heterocycles. The lowest BCUT2D eigenvalue weighted by molar-refractivity contribution is -0.137. The number of carbonyl (C=O) groups is 2. The maximum Gasteiger partial charge on any atom is 0.330 e. The molecule has 1 aliphatic rings.